The molecule has 7 heteroatoms. The highest BCUT2D eigenvalue weighted by molar-refractivity contribution is 5.92. The van der Waals surface area contributed by atoms with E-state index in [0.29, 0.717) is 19.0 Å². The van der Waals surface area contributed by atoms with Crippen LogP contribution in [0.25, 0.3) is 0 Å². The van der Waals surface area contributed by atoms with E-state index >= 15 is 0 Å². The number of methoxy groups -OCH3 is 1. The minimum Gasteiger partial charge on any atom is -0.378 e. The summed E-state index contributed by atoms with van der Waals surface area (Å²) in [6, 6.07) is 5.76. The first-order valence-corrected chi connectivity index (χ1v) is 10.1. The standard InChI is InChI=1S/C22H31N5O2/c1-15-8-9-18(23-12-15)25-20(28)16-7-6-10-27(13-16)19-11-17(14-29-5)24-21(26-19)22(2,3)4/h8-9,11-12,16H,6-7,10,13-14H2,1-5H3,(H,23,25,28). The third kappa shape index (κ3) is 5.50. The van der Waals surface area contributed by atoms with Crippen LogP contribution in [0.1, 0.15) is 50.7 Å². The molecule has 1 unspecified atom stereocenters. The maximum Gasteiger partial charge on any atom is 0.230 e. The molecule has 1 saturated heterocycles. The second-order valence-electron chi connectivity index (χ2n) is 8.72. The second kappa shape index (κ2) is 8.86. The van der Waals surface area contributed by atoms with E-state index in [4.69, 9.17) is 9.72 Å². The van der Waals surface area contributed by atoms with Gasteiger partial charge in [-0.3, -0.25) is 4.79 Å². The van der Waals surface area contributed by atoms with Crippen molar-refractivity contribution in [3.63, 3.8) is 0 Å². The van der Waals surface area contributed by atoms with Crippen molar-refractivity contribution in [3.8, 4) is 0 Å². The number of anilines is 2. The Labute approximate surface area is 172 Å². The summed E-state index contributed by atoms with van der Waals surface area (Å²) in [5.41, 5.74) is 1.76. The van der Waals surface area contributed by atoms with Crippen LogP contribution >= 0.6 is 0 Å². The molecule has 3 heterocycles. The summed E-state index contributed by atoms with van der Waals surface area (Å²) in [6.45, 7) is 10.2. The number of nitrogens with zero attached hydrogens (tertiary/aromatic N) is 4. The number of aryl methyl sites for hydroxylation is 1. The van der Waals surface area contributed by atoms with Crippen LogP contribution in [0.15, 0.2) is 24.4 Å². The Balaban J connectivity index is 1.76. The zero-order chi connectivity index (χ0) is 21.0. The predicted molar refractivity (Wildman–Crippen MR) is 114 cm³/mol. The lowest BCUT2D eigenvalue weighted by atomic mass is 9.95. The summed E-state index contributed by atoms with van der Waals surface area (Å²) in [5, 5.41) is 2.95. The summed E-state index contributed by atoms with van der Waals surface area (Å²) in [4.78, 5) is 28.7. The molecule has 0 radical (unpaired) electrons. The Morgan fingerprint density at radius 1 is 1.31 bits per heavy atom. The Morgan fingerprint density at radius 2 is 2.10 bits per heavy atom. The first-order chi connectivity index (χ1) is 13.8. The minimum atomic E-state index is -0.165. The van der Waals surface area contributed by atoms with E-state index in [1.807, 2.05) is 25.1 Å². The predicted octanol–water partition coefficient (Wildman–Crippen LogP) is 3.48. The summed E-state index contributed by atoms with van der Waals surface area (Å²) < 4.78 is 5.29. The average Bonchev–Trinajstić information content (AvgIpc) is 2.69. The third-order valence-corrected chi connectivity index (χ3v) is 5.01. The molecule has 0 bridgehead atoms. The lowest BCUT2D eigenvalue weighted by Gasteiger charge is -2.33. The van der Waals surface area contributed by atoms with E-state index in [0.717, 1.165) is 42.3 Å². The van der Waals surface area contributed by atoms with Crippen molar-refractivity contribution in [2.45, 2.75) is 52.6 Å². The van der Waals surface area contributed by atoms with Crippen LogP contribution in [0.3, 0.4) is 0 Å². The van der Waals surface area contributed by atoms with E-state index < -0.39 is 0 Å². The van der Waals surface area contributed by atoms with Gasteiger partial charge in [0.05, 0.1) is 18.2 Å². The second-order valence-corrected chi connectivity index (χ2v) is 8.72. The monoisotopic (exact) mass is 397 g/mol. The molecule has 1 amide bonds. The van der Waals surface area contributed by atoms with Crippen LogP contribution in [-0.2, 0) is 21.6 Å². The SMILES string of the molecule is COCc1cc(N2CCCC(C(=O)Nc3ccc(C)cn3)C2)nc(C(C)(C)C)n1. The van der Waals surface area contributed by atoms with Gasteiger partial charge < -0.3 is 15.0 Å². The van der Waals surface area contributed by atoms with E-state index in [1.54, 1.807) is 13.3 Å². The van der Waals surface area contributed by atoms with Gasteiger partial charge in [-0.1, -0.05) is 26.8 Å². The zero-order valence-corrected chi connectivity index (χ0v) is 18.0. The van der Waals surface area contributed by atoms with Crippen molar-refractivity contribution in [3.05, 3.63) is 41.5 Å². The smallest absolute Gasteiger partial charge is 0.230 e. The normalized spacial score (nSPS) is 17.3. The summed E-state index contributed by atoms with van der Waals surface area (Å²) in [6.07, 6.45) is 3.55. The number of hydrogen-bond acceptors (Lipinski definition) is 6. The number of nitrogens with one attached hydrogen (secondary N) is 1. The highest BCUT2D eigenvalue weighted by Crippen LogP contribution is 2.26. The molecule has 2 aromatic heterocycles. The molecule has 156 valence electrons. The van der Waals surface area contributed by atoms with Crippen LogP contribution in [0.2, 0.25) is 0 Å². The molecule has 0 saturated carbocycles. The number of ether oxygens (including phenoxy) is 1. The van der Waals surface area contributed by atoms with Crippen LogP contribution in [0.5, 0.6) is 0 Å². The number of rotatable bonds is 5. The van der Waals surface area contributed by atoms with Crippen molar-refractivity contribution >= 4 is 17.5 Å². The summed E-state index contributed by atoms with van der Waals surface area (Å²) in [7, 11) is 1.67. The number of aromatic nitrogens is 3. The topological polar surface area (TPSA) is 80.2 Å². The Hall–Kier alpha value is -2.54. The zero-order valence-electron chi connectivity index (χ0n) is 18.0. The van der Waals surface area contributed by atoms with Gasteiger partial charge in [-0.05, 0) is 31.4 Å². The van der Waals surface area contributed by atoms with Crippen molar-refractivity contribution in [1.82, 2.24) is 15.0 Å². The van der Waals surface area contributed by atoms with Crippen LogP contribution in [-0.4, -0.2) is 41.1 Å². The number of carbonyl (C=O) groups excluding carboxylic acids is 1. The van der Waals surface area contributed by atoms with E-state index in [9.17, 15) is 4.79 Å². The molecule has 1 aliphatic heterocycles. The highest BCUT2D eigenvalue weighted by Gasteiger charge is 2.28. The maximum absolute atomic E-state index is 12.8. The fraction of sp³-hybridized carbons (Fsp3) is 0.545. The largest absolute Gasteiger partial charge is 0.378 e. The van der Waals surface area contributed by atoms with Gasteiger partial charge in [0.25, 0.3) is 0 Å². The Bertz CT molecular complexity index is 845. The molecule has 2 aromatic rings. The van der Waals surface area contributed by atoms with E-state index in [1.165, 1.54) is 0 Å². The summed E-state index contributed by atoms with van der Waals surface area (Å²) >= 11 is 0. The molecule has 0 aromatic carbocycles. The van der Waals surface area contributed by atoms with Crippen molar-refractivity contribution in [1.29, 1.82) is 0 Å². The van der Waals surface area contributed by atoms with Crippen LogP contribution in [0.4, 0.5) is 11.6 Å². The molecule has 7 nitrogen and oxygen atoms in total. The van der Waals surface area contributed by atoms with Gasteiger partial charge in [0.2, 0.25) is 5.91 Å². The molecule has 1 fully saturated rings. The molecule has 0 aliphatic carbocycles. The van der Waals surface area contributed by atoms with Gasteiger partial charge in [0.15, 0.2) is 0 Å². The van der Waals surface area contributed by atoms with Crippen molar-refractivity contribution < 1.29 is 9.53 Å². The van der Waals surface area contributed by atoms with E-state index in [-0.39, 0.29) is 17.2 Å². The van der Waals surface area contributed by atoms with Gasteiger partial charge in [0, 0.05) is 37.9 Å². The van der Waals surface area contributed by atoms with Gasteiger partial charge in [0.1, 0.15) is 17.5 Å². The first-order valence-electron chi connectivity index (χ1n) is 10.1. The summed E-state index contributed by atoms with van der Waals surface area (Å²) in [5.74, 6) is 2.15. The number of pyridine rings is 1. The molecule has 1 N–H and O–H groups in total. The molecule has 3 rings (SSSR count). The van der Waals surface area contributed by atoms with Crippen molar-refractivity contribution in [2.75, 3.05) is 30.4 Å². The lowest BCUT2D eigenvalue weighted by Crippen LogP contribution is -2.41. The van der Waals surface area contributed by atoms with Crippen molar-refractivity contribution in [2.24, 2.45) is 5.92 Å². The molecule has 1 aliphatic rings. The van der Waals surface area contributed by atoms with Gasteiger partial charge >= 0.3 is 0 Å². The number of amides is 1. The number of carbonyl (C=O) groups is 1. The van der Waals surface area contributed by atoms with E-state index in [2.05, 4.69) is 41.0 Å². The van der Waals surface area contributed by atoms with Gasteiger partial charge in [-0.15, -0.1) is 0 Å². The number of hydrogen-bond donors (Lipinski definition) is 1. The molecule has 1 atom stereocenters. The van der Waals surface area contributed by atoms with Gasteiger partial charge in [-0.25, -0.2) is 15.0 Å². The maximum atomic E-state index is 12.8. The highest BCUT2D eigenvalue weighted by atomic mass is 16.5. The Morgan fingerprint density at radius 3 is 2.76 bits per heavy atom. The molecular weight excluding hydrogens is 366 g/mol. The first kappa shape index (κ1) is 21.2. The molecule has 29 heavy (non-hydrogen) atoms. The third-order valence-electron chi connectivity index (χ3n) is 5.01. The van der Waals surface area contributed by atoms with Crippen LogP contribution in [0, 0.1) is 12.8 Å². The quantitative estimate of drug-likeness (QED) is 0.832. The Kier molecular flexibility index (Phi) is 6.47. The average molecular weight is 398 g/mol. The fourth-order valence-corrected chi connectivity index (χ4v) is 3.37. The molecular formula is C22H31N5O2. The lowest BCUT2D eigenvalue weighted by molar-refractivity contribution is -0.120. The molecule has 0 spiro atoms. The minimum absolute atomic E-state index is 0.00766. The number of piperidine rings is 1. The van der Waals surface area contributed by atoms with Crippen LogP contribution < -0.4 is 10.2 Å². The van der Waals surface area contributed by atoms with Gasteiger partial charge in [-0.2, -0.15) is 0 Å². The fourth-order valence-electron chi connectivity index (χ4n) is 3.37.